The molecule has 28 heavy (non-hydrogen) atoms. The van der Waals surface area contributed by atoms with Crippen LogP contribution in [0.4, 0.5) is 0 Å². The molecule has 1 atom stereocenters. The van der Waals surface area contributed by atoms with Crippen molar-refractivity contribution in [1.29, 1.82) is 0 Å². The summed E-state index contributed by atoms with van der Waals surface area (Å²) in [5, 5.41) is 18.0. The molecule has 0 amide bonds. The molecule has 7 nitrogen and oxygen atoms in total. The molecule has 7 heteroatoms. The number of para-hydroxylation sites is 2. The van der Waals surface area contributed by atoms with E-state index in [0.717, 1.165) is 50.4 Å². The Morgan fingerprint density at radius 2 is 1.89 bits per heavy atom. The van der Waals surface area contributed by atoms with Crippen LogP contribution in [0.25, 0.3) is 11.0 Å². The smallest absolute Gasteiger partial charge is 0.124 e. The van der Waals surface area contributed by atoms with Crippen LogP contribution in [0.2, 0.25) is 0 Å². The summed E-state index contributed by atoms with van der Waals surface area (Å²) >= 11 is 0. The number of imidazole rings is 1. The first-order valence-electron chi connectivity index (χ1n) is 10.3. The van der Waals surface area contributed by atoms with Crippen molar-refractivity contribution >= 4 is 11.0 Å². The second-order valence-electron chi connectivity index (χ2n) is 8.33. The van der Waals surface area contributed by atoms with Crippen molar-refractivity contribution in [2.75, 3.05) is 13.1 Å². The van der Waals surface area contributed by atoms with Crippen molar-refractivity contribution in [3.05, 3.63) is 42.0 Å². The molecule has 0 spiro atoms. The summed E-state index contributed by atoms with van der Waals surface area (Å²) < 4.78 is 4.31. The number of piperidine rings is 1. The van der Waals surface area contributed by atoms with Gasteiger partial charge in [-0.25, -0.2) is 9.67 Å². The normalized spacial score (nSPS) is 17.6. The van der Waals surface area contributed by atoms with Crippen LogP contribution in [-0.4, -0.2) is 47.6 Å². The van der Waals surface area contributed by atoms with Gasteiger partial charge in [-0.2, -0.15) is 0 Å². The molecule has 2 aromatic heterocycles. The number of likely N-dealkylation sites (tertiary alicyclic amines) is 1. The highest BCUT2D eigenvalue weighted by Gasteiger charge is 2.24. The molecule has 3 aromatic rings. The minimum Gasteiger partial charge on any atom is -0.387 e. The minimum atomic E-state index is -0.567. The predicted molar refractivity (Wildman–Crippen MR) is 109 cm³/mol. The molecule has 0 saturated carbocycles. The van der Waals surface area contributed by atoms with Crippen molar-refractivity contribution in [2.24, 2.45) is 5.92 Å². The summed E-state index contributed by atoms with van der Waals surface area (Å²) in [5.74, 6) is 1.74. The highest BCUT2D eigenvalue weighted by atomic mass is 16.3. The summed E-state index contributed by atoms with van der Waals surface area (Å²) in [5.41, 5.74) is 2.96. The number of fused-ring (bicyclic) bond motifs is 1. The van der Waals surface area contributed by atoms with E-state index in [1.54, 1.807) is 6.92 Å². The number of nitrogens with zero attached hydrogens (tertiary/aromatic N) is 6. The molecule has 0 bridgehead atoms. The highest BCUT2D eigenvalue weighted by molar-refractivity contribution is 5.75. The predicted octanol–water partition coefficient (Wildman–Crippen LogP) is 3.17. The quantitative estimate of drug-likeness (QED) is 0.709. The number of hydrogen-bond donors (Lipinski definition) is 1. The van der Waals surface area contributed by atoms with E-state index in [-0.39, 0.29) is 0 Å². The van der Waals surface area contributed by atoms with E-state index in [1.165, 1.54) is 5.52 Å². The monoisotopic (exact) mass is 382 g/mol. The second kappa shape index (κ2) is 8.01. The molecule has 1 aromatic carbocycles. The number of aliphatic hydroxyl groups is 1. The third-order valence-electron chi connectivity index (χ3n) is 5.53. The zero-order valence-electron chi connectivity index (χ0n) is 17.0. The lowest BCUT2D eigenvalue weighted by molar-refractivity contribution is 0.167. The van der Waals surface area contributed by atoms with Crippen LogP contribution in [0.1, 0.15) is 57.3 Å². The molecule has 1 aliphatic rings. The van der Waals surface area contributed by atoms with Gasteiger partial charge in [0, 0.05) is 19.6 Å². The Balaban J connectivity index is 1.44. The maximum atomic E-state index is 9.66. The van der Waals surface area contributed by atoms with Gasteiger partial charge in [0.15, 0.2) is 0 Å². The Bertz CT molecular complexity index is 920. The third kappa shape index (κ3) is 3.95. The van der Waals surface area contributed by atoms with Gasteiger partial charge in [-0.05, 0) is 37.8 Å². The molecule has 3 heterocycles. The number of benzene rings is 1. The van der Waals surface area contributed by atoms with Crippen LogP contribution in [0.5, 0.6) is 0 Å². The summed E-state index contributed by atoms with van der Waals surface area (Å²) in [6.45, 7) is 10.1. The molecule has 0 radical (unpaired) electrons. The Kier molecular flexibility index (Phi) is 5.46. The molecule has 1 unspecified atom stereocenters. The Morgan fingerprint density at radius 1 is 1.14 bits per heavy atom. The Morgan fingerprint density at radius 3 is 2.57 bits per heavy atom. The lowest BCUT2D eigenvalue weighted by atomic mass is 10.1. The van der Waals surface area contributed by atoms with E-state index in [0.29, 0.717) is 17.7 Å². The summed E-state index contributed by atoms with van der Waals surface area (Å²) in [6, 6.07) is 8.78. The maximum Gasteiger partial charge on any atom is 0.124 e. The van der Waals surface area contributed by atoms with Crippen LogP contribution in [0, 0.1) is 5.92 Å². The van der Waals surface area contributed by atoms with Crippen molar-refractivity contribution in [2.45, 2.75) is 58.8 Å². The summed E-state index contributed by atoms with van der Waals surface area (Å²) in [4.78, 5) is 7.41. The molecule has 1 N–H and O–H groups in total. The van der Waals surface area contributed by atoms with E-state index in [9.17, 15) is 5.11 Å². The largest absolute Gasteiger partial charge is 0.387 e. The van der Waals surface area contributed by atoms with Gasteiger partial charge >= 0.3 is 0 Å². The molecule has 1 aliphatic heterocycles. The number of aromatic nitrogens is 5. The zero-order chi connectivity index (χ0) is 19.7. The van der Waals surface area contributed by atoms with Crippen LogP contribution in [-0.2, 0) is 13.1 Å². The second-order valence-corrected chi connectivity index (χ2v) is 8.33. The van der Waals surface area contributed by atoms with Crippen molar-refractivity contribution in [3.63, 3.8) is 0 Å². The number of hydrogen-bond acceptors (Lipinski definition) is 5. The molecule has 0 aliphatic carbocycles. The SMILES string of the molecule is CC(C)Cn1c(CN2CCC(n3cc(C(C)O)nn3)CC2)nc2ccccc21. The number of aliphatic hydroxyl groups excluding tert-OH is 1. The average Bonchev–Trinajstić information content (AvgIpc) is 3.28. The molecular formula is C21H30N6O. The fourth-order valence-electron chi connectivity index (χ4n) is 4.02. The third-order valence-corrected chi connectivity index (χ3v) is 5.53. The van der Waals surface area contributed by atoms with Crippen molar-refractivity contribution in [1.82, 2.24) is 29.4 Å². The van der Waals surface area contributed by atoms with Gasteiger partial charge in [-0.1, -0.05) is 31.2 Å². The first-order chi connectivity index (χ1) is 13.5. The van der Waals surface area contributed by atoms with Crippen molar-refractivity contribution in [3.8, 4) is 0 Å². The molecule has 1 saturated heterocycles. The van der Waals surface area contributed by atoms with Gasteiger partial charge in [0.2, 0.25) is 0 Å². The zero-order valence-corrected chi connectivity index (χ0v) is 17.0. The van der Waals surface area contributed by atoms with Crippen LogP contribution in [0.15, 0.2) is 30.5 Å². The van der Waals surface area contributed by atoms with Crippen LogP contribution in [0.3, 0.4) is 0 Å². The van der Waals surface area contributed by atoms with Gasteiger partial charge in [0.25, 0.3) is 0 Å². The van der Waals surface area contributed by atoms with Gasteiger partial charge in [0.05, 0.1) is 35.9 Å². The molecule has 1 fully saturated rings. The molecule has 150 valence electrons. The summed E-state index contributed by atoms with van der Waals surface area (Å²) in [6.07, 6.45) is 3.38. The fourth-order valence-corrected chi connectivity index (χ4v) is 4.02. The minimum absolute atomic E-state index is 0.353. The van der Waals surface area contributed by atoms with Crippen LogP contribution >= 0.6 is 0 Å². The van der Waals surface area contributed by atoms with E-state index >= 15 is 0 Å². The van der Waals surface area contributed by atoms with Gasteiger partial charge in [-0.3, -0.25) is 4.90 Å². The van der Waals surface area contributed by atoms with E-state index in [1.807, 2.05) is 10.9 Å². The topological polar surface area (TPSA) is 72.0 Å². The first kappa shape index (κ1) is 19.1. The Hall–Kier alpha value is -2.25. The maximum absolute atomic E-state index is 9.66. The van der Waals surface area contributed by atoms with E-state index < -0.39 is 6.10 Å². The molecular weight excluding hydrogens is 352 g/mol. The summed E-state index contributed by atoms with van der Waals surface area (Å²) in [7, 11) is 0. The van der Waals surface area contributed by atoms with Crippen molar-refractivity contribution < 1.29 is 5.11 Å². The lowest BCUT2D eigenvalue weighted by Crippen LogP contribution is -2.35. The average molecular weight is 383 g/mol. The van der Waals surface area contributed by atoms with E-state index in [4.69, 9.17) is 4.98 Å². The molecule has 4 rings (SSSR count). The fraction of sp³-hybridized carbons (Fsp3) is 0.571. The standard InChI is InChI=1S/C21H30N6O/c1-15(2)12-26-20-7-5-4-6-18(20)22-21(26)14-25-10-8-17(9-11-25)27-13-19(16(3)28)23-24-27/h4-7,13,15-17,28H,8-12,14H2,1-3H3. The first-order valence-corrected chi connectivity index (χ1v) is 10.3. The lowest BCUT2D eigenvalue weighted by Gasteiger charge is -2.31. The van der Waals surface area contributed by atoms with E-state index in [2.05, 4.69) is 57.9 Å². The van der Waals surface area contributed by atoms with Gasteiger partial charge in [0.1, 0.15) is 11.5 Å². The van der Waals surface area contributed by atoms with Gasteiger partial charge < -0.3 is 9.67 Å². The number of rotatable bonds is 6. The van der Waals surface area contributed by atoms with Crippen LogP contribution < -0.4 is 0 Å². The Labute approximate surface area is 166 Å². The highest BCUT2D eigenvalue weighted by Crippen LogP contribution is 2.25. The van der Waals surface area contributed by atoms with Gasteiger partial charge in [-0.15, -0.1) is 5.10 Å².